The fraction of sp³-hybridized carbons (Fsp3) is 0.391. The van der Waals surface area contributed by atoms with Gasteiger partial charge in [-0.05, 0) is 50.1 Å². The smallest absolute Gasteiger partial charge is 0.242 e. The van der Waals surface area contributed by atoms with Crippen molar-refractivity contribution in [3.05, 3.63) is 53.6 Å². The highest BCUT2D eigenvalue weighted by atomic mass is 35.5. The molecule has 0 radical (unpaired) electrons. The van der Waals surface area contributed by atoms with Gasteiger partial charge < -0.3 is 15.5 Å². The summed E-state index contributed by atoms with van der Waals surface area (Å²) >= 11 is 5.93. The molecule has 178 valence electrons. The van der Waals surface area contributed by atoms with Crippen molar-refractivity contribution in [1.82, 2.24) is 10.0 Å². The van der Waals surface area contributed by atoms with Gasteiger partial charge in [-0.3, -0.25) is 9.59 Å². The van der Waals surface area contributed by atoms with Gasteiger partial charge in [-0.25, -0.2) is 13.1 Å². The Morgan fingerprint density at radius 1 is 1.06 bits per heavy atom. The van der Waals surface area contributed by atoms with E-state index in [1.165, 1.54) is 25.0 Å². The molecule has 0 aromatic heterocycles. The molecule has 2 aromatic carbocycles. The van der Waals surface area contributed by atoms with Crippen LogP contribution in [0.3, 0.4) is 0 Å². The number of carbonyl (C=O) groups excluding carboxylic acids is 2. The summed E-state index contributed by atoms with van der Waals surface area (Å²) in [4.78, 5) is 26.8. The van der Waals surface area contributed by atoms with Crippen LogP contribution in [-0.4, -0.2) is 45.9 Å². The van der Waals surface area contributed by atoms with Gasteiger partial charge in [0.2, 0.25) is 21.8 Å². The maximum Gasteiger partial charge on any atom is 0.242 e. The predicted molar refractivity (Wildman–Crippen MR) is 130 cm³/mol. The van der Waals surface area contributed by atoms with Crippen molar-refractivity contribution in [2.24, 2.45) is 0 Å². The largest absolute Gasteiger partial charge is 0.371 e. The van der Waals surface area contributed by atoms with Gasteiger partial charge in [0.05, 0.1) is 5.02 Å². The Labute approximate surface area is 199 Å². The molecule has 2 aromatic rings. The Kier molecular flexibility index (Phi) is 8.71. The first-order valence-corrected chi connectivity index (χ1v) is 12.8. The molecule has 1 aliphatic rings. The van der Waals surface area contributed by atoms with E-state index >= 15 is 0 Å². The first-order valence-electron chi connectivity index (χ1n) is 10.9. The second kappa shape index (κ2) is 11.5. The lowest BCUT2D eigenvalue weighted by molar-refractivity contribution is -0.122. The molecule has 2 amide bonds. The number of sulfonamides is 1. The molecule has 0 saturated carbocycles. The third kappa shape index (κ3) is 7.45. The zero-order valence-electron chi connectivity index (χ0n) is 18.5. The summed E-state index contributed by atoms with van der Waals surface area (Å²) < 4.78 is 27.0. The Morgan fingerprint density at radius 3 is 2.52 bits per heavy atom. The lowest BCUT2D eigenvalue weighted by Crippen LogP contribution is -2.37. The van der Waals surface area contributed by atoms with Gasteiger partial charge in [0, 0.05) is 49.9 Å². The van der Waals surface area contributed by atoms with E-state index in [4.69, 9.17) is 11.6 Å². The number of hydrogen-bond acceptors (Lipinski definition) is 5. The summed E-state index contributed by atoms with van der Waals surface area (Å²) in [5, 5.41) is 5.71. The highest BCUT2D eigenvalue weighted by Crippen LogP contribution is 2.23. The minimum atomic E-state index is -3.81. The van der Waals surface area contributed by atoms with Crippen molar-refractivity contribution < 1.29 is 18.0 Å². The zero-order valence-corrected chi connectivity index (χ0v) is 20.1. The van der Waals surface area contributed by atoms with E-state index in [9.17, 15) is 18.0 Å². The molecule has 0 aliphatic carbocycles. The molecule has 8 nitrogen and oxygen atoms in total. The lowest BCUT2D eigenvalue weighted by Gasteiger charge is -2.19. The van der Waals surface area contributed by atoms with Crippen LogP contribution in [0.2, 0.25) is 5.02 Å². The van der Waals surface area contributed by atoms with Crippen LogP contribution < -0.4 is 20.3 Å². The number of nitrogens with zero attached hydrogens (tertiary/aromatic N) is 1. The first kappa shape index (κ1) is 25.0. The maximum absolute atomic E-state index is 12.4. The van der Waals surface area contributed by atoms with Crippen LogP contribution in [0.1, 0.15) is 32.6 Å². The average molecular weight is 493 g/mol. The third-order valence-electron chi connectivity index (χ3n) is 5.27. The molecule has 0 bridgehead atoms. The Hall–Kier alpha value is -2.62. The van der Waals surface area contributed by atoms with Crippen LogP contribution in [0.4, 0.5) is 11.4 Å². The quantitative estimate of drug-likeness (QED) is 0.472. The number of halogens is 1. The number of hydrogen-bond donors (Lipinski definition) is 3. The molecule has 1 saturated heterocycles. The number of nitrogens with one attached hydrogen (secondary N) is 3. The van der Waals surface area contributed by atoms with E-state index in [-0.39, 0.29) is 41.1 Å². The number of amides is 2. The Balaban J connectivity index is 1.41. The predicted octanol–water partition coefficient (Wildman–Crippen LogP) is 3.14. The second-order valence-electron chi connectivity index (χ2n) is 8.04. The number of rotatable bonds is 10. The minimum Gasteiger partial charge on any atom is -0.371 e. The summed E-state index contributed by atoms with van der Waals surface area (Å²) in [5.41, 5.74) is 1.81. The maximum atomic E-state index is 12.4. The molecular weight excluding hydrogens is 464 g/mol. The van der Waals surface area contributed by atoms with E-state index in [2.05, 4.69) is 20.3 Å². The highest BCUT2D eigenvalue weighted by molar-refractivity contribution is 7.89. The molecule has 3 N–H and O–H groups in total. The SMILES string of the molecule is CC(CC(=O)Nc1cccc(N2CCCC2)c1)NC(=O)CCNS(=O)(=O)c1ccccc1Cl. The van der Waals surface area contributed by atoms with Crippen molar-refractivity contribution in [2.75, 3.05) is 29.9 Å². The topological polar surface area (TPSA) is 108 Å². The molecule has 1 aliphatic heterocycles. The van der Waals surface area contributed by atoms with Crippen LogP contribution >= 0.6 is 11.6 Å². The second-order valence-corrected chi connectivity index (χ2v) is 10.2. The van der Waals surface area contributed by atoms with Gasteiger partial charge in [-0.15, -0.1) is 0 Å². The lowest BCUT2D eigenvalue weighted by atomic mass is 10.2. The van der Waals surface area contributed by atoms with Crippen molar-refractivity contribution in [1.29, 1.82) is 0 Å². The molecular formula is C23H29ClN4O4S. The molecule has 1 fully saturated rings. The molecule has 10 heteroatoms. The normalized spacial score (nSPS) is 14.7. The summed E-state index contributed by atoms with van der Waals surface area (Å²) in [6, 6.07) is 13.4. The molecule has 1 heterocycles. The van der Waals surface area contributed by atoms with E-state index in [1.54, 1.807) is 19.1 Å². The zero-order chi connectivity index (χ0) is 23.8. The third-order valence-corrected chi connectivity index (χ3v) is 7.23. The van der Waals surface area contributed by atoms with Gasteiger partial charge in [0.1, 0.15) is 4.90 Å². The van der Waals surface area contributed by atoms with Crippen molar-refractivity contribution in [3.8, 4) is 0 Å². The standard InChI is InChI=1S/C23H29ClN4O4S/c1-17(15-23(30)27-18-7-6-8-19(16-18)28-13-4-5-14-28)26-22(29)11-12-25-33(31,32)21-10-3-2-9-20(21)24/h2-3,6-10,16-17,25H,4-5,11-15H2,1H3,(H,26,29)(H,27,30). The first-order chi connectivity index (χ1) is 15.7. The van der Waals surface area contributed by atoms with Gasteiger partial charge in [0.15, 0.2) is 0 Å². The summed E-state index contributed by atoms with van der Waals surface area (Å²) in [6.45, 7) is 3.69. The fourth-order valence-corrected chi connectivity index (χ4v) is 5.23. The molecule has 1 unspecified atom stereocenters. The molecule has 0 spiro atoms. The summed E-state index contributed by atoms with van der Waals surface area (Å²) in [5.74, 6) is -0.561. The highest BCUT2D eigenvalue weighted by Gasteiger charge is 2.18. The van der Waals surface area contributed by atoms with E-state index in [0.29, 0.717) is 0 Å². The van der Waals surface area contributed by atoms with E-state index < -0.39 is 16.1 Å². The Bertz CT molecular complexity index is 1090. The monoisotopic (exact) mass is 492 g/mol. The van der Waals surface area contributed by atoms with Crippen LogP contribution in [0.15, 0.2) is 53.4 Å². The number of anilines is 2. The number of benzene rings is 2. The van der Waals surface area contributed by atoms with Gasteiger partial charge in [-0.1, -0.05) is 29.8 Å². The molecule has 1 atom stereocenters. The van der Waals surface area contributed by atoms with Gasteiger partial charge >= 0.3 is 0 Å². The van der Waals surface area contributed by atoms with E-state index in [1.807, 2.05) is 24.3 Å². The van der Waals surface area contributed by atoms with Crippen LogP contribution in [0.25, 0.3) is 0 Å². The van der Waals surface area contributed by atoms with Crippen LogP contribution in [-0.2, 0) is 19.6 Å². The van der Waals surface area contributed by atoms with Crippen LogP contribution in [0, 0.1) is 0 Å². The summed E-state index contributed by atoms with van der Waals surface area (Å²) in [6.07, 6.45) is 2.39. The van der Waals surface area contributed by atoms with Crippen molar-refractivity contribution >= 4 is 44.8 Å². The van der Waals surface area contributed by atoms with Crippen molar-refractivity contribution in [2.45, 2.75) is 43.5 Å². The molecule has 33 heavy (non-hydrogen) atoms. The Morgan fingerprint density at radius 2 is 1.79 bits per heavy atom. The molecule has 3 rings (SSSR count). The summed E-state index contributed by atoms with van der Waals surface area (Å²) in [7, 11) is -3.81. The van der Waals surface area contributed by atoms with Crippen LogP contribution in [0.5, 0.6) is 0 Å². The van der Waals surface area contributed by atoms with Gasteiger partial charge in [-0.2, -0.15) is 0 Å². The van der Waals surface area contributed by atoms with Gasteiger partial charge in [0.25, 0.3) is 0 Å². The fourth-order valence-electron chi connectivity index (χ4n) is 3.68. The minimum absolute atomic E-state index is 0.0362. The average Bonchev–Trinajstić information content (AvgIpc) is 3.28. The van der Waals surface area contributed by atoms with Crippen molar-refractivity contribution in [3.63, 3.8) is 0 Å². The number of carbonyl (C=O) groups is 2. The van der Waals surface area contributed by atoms with E-state index in [0.717, 1.165) is 24.5 Å².